The molecule has 0 fully saturated rings. The SMILES string of the molecule is CCC(I(=O)=O)(I(=O)=O)I(=O)=O. The minimum absolute atomic E-state index is 0.361. The molecule has 0 aliphatic heterocycles. The zero-order valence-corrected chi connectivity index (χ0v) is 12.3. The van der Waals surface area contributed by atoms with Crippen LogP contribution in [0.2, 0.25) is 0 Å². The molecule has 6 nitrogen and oxygen atoms in total. The molecule has 0 aliphatic rings. The third-order valence-corrected chi connectivity index (χ3v) is 20.6. The van der Waals surface area contributed by atoms with Crippen LogP contribution in [0.25, 0.3) is 0 Å². The molecule has 0 unspecified atom stereocenters. The number of halogens is 3. The van der Waals surface area contributed by atoms with Crippen LogP contribution < -0.4 is 0 Å². The first kappa shape index (κ1) is 13.0. The minimum Gasteiger partial charge on any atom is -0.232 e. The molecule has 0 spiro atoms. The van der Waals surface area contributed by atoms with Gasteiger partial charge >= 0.3 is 58.8 Å². The van der Waals surface area contributed by atoms with Crippen LogP contribution in [-0.4, -0.2) is -0.565 Å². The van der Waals surface area contributed by atoms with Crippen molar-refractivity contribution >= 4 is 59.4 Å². The highest BCUT2D eigenvalue weighted by atomic mass is 127. The molecule has 0 atom stereocenters. The van der Waals surface area contributed by atoms with Crippen molar-refractivity contribution in [2.75, 3.05) is 0 Å². The summed E-state index contributed by atoms with van der Waals surface area (Å²) in [6.45, 7) is 1.25. The van der Waals surface area contributed by atoms with E-state index in [0.29, 0.717) is 0 Å². The number of rotatable bonds is 4. The Balaban J connectivity index is 5.68. The lowest BCUT2D eigenvalue weighted by molar-refractivity contribution is 0.603. The molecule has 0 radical (unpaired) electrons. The summed E-state index contributed by atoms with van der Waals surface area (Å²) in [5.41, 5.74) is 0. The second kappa shape index (κ2) is 5.02. The van der Waals surface area contributed by atoms with E-state index in [9.17, 15) is 18.4 Å². The van der Waals surface area contributed by atoms with Crippen molar-refractivity contribution in [2.45, 2.75) is 12.8 Å². The smallest absolute Gasteiger partial charge is 0.232 e. The van der Waals surface area contributed by atoms with E-state index < -0.39 is 58.8 Å². The second-order valence-electron chi connectivity index (χ2n) is 1.62. The van der Waals surface area contributed by atoms with E-state index in [0.717, 1.165) is 0 Å². The second-order valence-corrected chi connectivity index (χ2v) is 17.1. The summed E-state index contributed by atoms with van der Waals surface area (Å²) in [5, 5.41) is 0. The maximum absolute atomic E-state index is 10.5. The van der Waals surface area contributed by atoms with Crippen LogP contribution in [-0.2, 0) is 18.4 Å². The normalized spacial score (nSPS) is 13.0. The first-order valence-corrected chi connectivity index (χ1v) is 11.1. The lowest BCUT2D eigenvalue weighted by Crippen LogP contribution is -2.03. The minimum atomic E-state index is -4.32. The molecule has 0 aliphatic carbocycles. The number of hydrogen-bond donors (Lipinski definition) is 0. The Bertz CT molecular complexity index is 292. The first-order chi connectivity index (χ1) is 5.39. The van der Waals surface area contributed by atoms with Gasteiger partial charge in [-0.15, -0.1) is 0 Å². The molecule has 0 aromatic heterocycles. The van der Waals surface area contributed by atoms with Gasteiger partial charge in [0.25, 0.3) is 0 Å². The van der Waals surface area contributed by atoms with Gasteiger partial charge in [-0.25, -0.2) is 18.4 Å². The Labute approximate surface area is 89.3 Å². The largest absolute Gasteiger partial charge is 0.344 e. The maximum atomic E-state index is 10.5. The van der Waals surface area contributed by atoms with E-state index in [1.165, 1.54) is 6.92 Å². The Kier molecular flexibility index (Phi) is 5.43. The fourth-order valence-corrected chi connectivity index (χ4v) is 8.62. The summed E-state index contributed by atoms with van der Waals surface area (Å²) >= 11 is -13.0. The lowest BCUT2D eigenvalue weighted by atomic mass is 10.6. The Morgan fingerprint density at radius 2 is 1.08 bits per heavy atom. The molecule has 0 aromatic rings. The van der Waals surface area contributed by atoms with Crippen LogP contribution >= 0.6 is 59.4 Å². The van der Waals surface area contributed by atoms with Crippen LogP contribution in [0.4, 0.5) is 0 Å². The van der Waals surface area contributed by atoms with Gasteiger partial charge in [0, 0.05) is 0 Å². The van der Waals surface area contributed by atoms with E-state index in [2.05, 4.69) is 0 Å². The predicted octanol–water partition coefficient (Wildman–Crippen LogP) is 2.64. The van der Waals surface area contributed by atoms with Crippen molar-refractivity contribution in [3.63, 3.8) is 0 Å². The van der Waals surface area contributed by atoms with E-state index in [1.54, 1.807) is 0 Å². The molecule has 0 saturated carbocycles. The Morgan fingerprint density at radius 3 is 1.08 bits per heavy atom. The fourth-order valence-electron chi connectivity index (χ4n) is 0.470. The van der Waals surface area contributed by atoms with Crippen molar-refractivity contribution in [1.82, 2.24) is 0 Å². The zero-order valence-electron chi connectivity index (χ0n) is 5.79. The van der Waals surface area contributed by atoms with Crippen LogP contribution in [0.3, 0.4) is 0 Å². The van der Waals surface area contributed by atoms with E-state index in [1.807, 2.05) is 0 Å². The van der Waals surface area contributed by atoms with E-state index in [4.69, 9.17) is 0 Å². The van der Waals surface area contributed by atoms with Gasteiger partial charge in [-0.1, -0.05) is 6.92 Å². The lowest BCUT2D eigenvalue weighted by Gasteiger charge is -2.02. The zero-order chi connectivity index (χ0) is 9.94. The molecule has 12 heavy (non-hydrogen) atoms. The van der Waals surface area contributed by atoms with Gasteiger partial charge in [0.1, 0.15) is 0 Å². The average Bonchev–Trinajstić information content (AvgIpc) is 1.86. The summed E-state index contributed by atoms with van der Waals surface area (Å²) < 4.78 is 60.9. The molecule has 0 aromatic carbocycles. The molecule has 9 heteroatoms. The van der Waals surface area contributed by atoms with Crippen molar-refractivity contribution in [1.29, 1.82) is 0 Å². The summed E-state index contributed by atoms with van der Waals surface area (Å²) in [6.07, 6.45) is -0.361. The van der Waals surface area contributed by atoms with Crippen LogP contribution in [0.1, 0.15) is 13.3 Å². The van der Waals surface area contributed by atoms with Gasteiger partial charge in [-0.2, -0.15) is 0 Å². The molecular weight excluding hydrogens is 513 g/mol. The Morgan fingerprint density at radius 1 is 0.833 bits per heavy atom. The highest BCUT2D eigenvalue weighted by Crippen LogP contribution is 2.58. The third kappa shape index (κ3) is 2.27. The maximum Gasteiger partial charge on any atom is 0.344 e. The van der Waals surface area contributed by atoms with Gasteiger partial charge in [0.05, 0.1) is 0 Å². The van der Waals surface area contributed by atoms with E-state index >= 15 is 0 Å². The van der Waals surface area contributed by atoms with Crippen molar-refractivity contribution in [2.24, 2.45) is 0 Å². The standard InChI is InChI=1S/C3H5I3O6/c1-2-3(4(7)8,5(9)10)6(11)12/h2H2,1H3. The summed E-state index contributed by atoms with van der Waals surface area (Å²) in [5.74, 6) is 0. The van der Waals surface area contributed by atoms with Gasteiger partial charge in [-0.05, 0) is 6.42 Å². The molecule has 0 heterocycles. The van der Waals surface area contributed by atoms with Crippen LogP contribution in [0.5, 0.6) is 0 Å². The summed E-state index contributed by atoms with van der Waals surface area (Å²) in [4.78, 5) is 0. The number of hydrogen-bond acceptors (Lipinski definition) is 6. The molecule has 0 N–H and O–H groups in total. The van der Waals surface area contributed by atoms with Crippen LogP contribution in [0.15, 0.2) is 0 Å². The van der Waals surface area contributed by atoms with Gasteiger partial charge in [0.2, 0.25) is 0 Å². The van der Waals surface area contributed by atoms with Crippen molar-refractivity contribution in [3.05, 3.63) is 0 Å². The monoisotopic (exact) mass is 518 g/mol. The first-order valence-electron chi connectivity index (χ1n) is 2.55. The van der Waals surface area contributed by atoms with Crippen molar-refractivity contribution in [3.8, 4) is 0 Å². The molecule has 0 amide bonds. The molecule has 74 valence electrons. The third-order valence-electron chi connectivity index (χ3n) is 1.08. The Hall–Kier alpha value is 0.990. The molecular formula is C3H5I3O6. The quantitative estimate of drug-likeness (QED) is 0.420. The topological polar surface area (TPSA) is 102 Å². The van der Waals surface area contributed by atoms with Crippen molar-refractivity contribution < 1.29 is 18.4 Å². The van der Waals surface area contributed by atoms with Gasteiger partial charge in [-0.3, -0.25) is 0 Å². The van der Waals surface area contributed by atoms with E-state index in [-0.39, 0.29) is 6.42 Å². The molecule has 0 rings (SSSR count). The predicted molar refractivity (Wildman–Crippen MR) is 59.2 cm³/mol. The van der Waals surface area contributed by atoms with Gasteiger partial charge < -0.3 is 0 Å². The number of alkyl halides is 3. The average molecular weight is 518 g/mol. The highest BCUT2D eigenvalue weighted by molar-refractivity contribution is 14.4. The highest BCUT2D eigenvalue weighted by Gasteiger charge is 2.48. The van der Waals surface area contributed by atoms with Gasteiger partial charge in [0.15, 0.2) is 0 Å². The summed E-state index contributed by atoms with van der Waals surface area (Å²) in [7, 11) is 0. The summed E-state index contributed by atoms with van der Waals surface area (Å²) in [6, 6.07) is 0. The molecule has 0 bridgehead atoms. The molecule has 0 saturated heterocycles. The fraction of sp³-hybridized carbons (Fsp3) is 1.00. The van der Waals surface area contributed by atoms with Crippen LogP contribution in [0, 0.1) is 0 Å².